The molecule has 0 aliphatic carbocycles. The number of benzene rings is 1. The summed E-state index contributed by atoms with van der Waals surface area (Å²) in [5.41, 5.74) is 3.84. The smallest absolute Gasteiger partial charge is 0.143 e. The van der Waals surface area contributed by atoms with Crippen LogP contribution in [0, 0.1) is 6.92 Å². The van der Waals surface area contributed by atoms with Gasteiger partial charge >= 0.3 is 0 Å². The maximum absolute atomic E-state index is 6.64. The molecule has 1 saturated heterocycles. The monoisotopic (exact) mass is 548 g/mol. The number of methoxy groups -OCH3 is 2. The van der Waals surface area contributed by atoms with E-state index in [4.69, 9.17) is 25.8 Å². The lowest BCUT2D eigenvalue weighted by Gasteiger charge is -2.26. The van der Waals surface area contributed by atoms with E-state index in [1.165, 1.54) is 12.7 Å². The van der Waals surface area contributed by atoms with Gasteiger partial charge < -0.3 is 24.8 Å². The maximum Gasteiger partial charge on any atom is 0.143 e. The van der Waals surface area contributed by atoms with E-state index in [2.05, 4.69) is 46.5 Å². The SMILES string of the molecule is COc1cc(OC)c(Cl)c(Nc2ncncc2-c2cc(Nc3ccc(CN4CCOCC4)cn3)ncn2)c1C. The molecule has 0 bridgehead atoms. The van der Waals surface area contributed by atoms with E-state index in [0.717, 1.165) is 44.0 Å². The molecule has 1 aliphatic rings. The van der Waals surface area contributed by atoms with Crippen LogP contribution in [0.5, 0.6) is 11.5 Å². The molecule has 39 heavy (non-hydrogen) atoms. The summed E-state index contributed by atoms with van der Waals surface area (Å²) in [6.07, 6.45) is 6.49. The van der Waals surface area contributed by atoms with Crippen LogP contribution in [0.1, 0.15) is 11.1 Å². The standard InChI is InChI=1S/C27H29ClN8O3/c1-17-21(37-2)11-22(38-3)25(28)26(17)35-27-19(13-29-15-33-27)20-10-24(32-16-31-20)34-23-5-4-18(12-30-23)14-36-6-8-39-9-7-36/h4-5,10-13,15-16H,6-9,14H2,1-3H3,(H,29,33,35)(H,30,31,32,34). The van der Waals surface area contributed by atoms with E-state index in [0.29, 0.717) is 50.9 Å². The van der Waals surface area contributed by atoms with Gasteiger partial charge in [0.15, 0.2) is 0 Å². The summed E-state index contributed by atoms with van der Waals surface area (Å²) in [6, 6.07) is 7.56. The molecule has 0 radical (unpaired) electrons. The lowest BCUT2D eigenvalue weighted by atomic mass is 10.1. The number of rotatable bonds is 9. The Hall–Kier alpha value is -4.06. The molecule has 4 heterocycles. The quantitative estimate of drug-likeness (QED) is 0.304. The van der Waals surface area contributed by atoms with Crippen LogP contribution in [-0.2, 0) is 11.3 Å². The molecule has 0 amide bonds. The summed E-state index contributed by atoms with van der Waals surface area (Å²) in [7, 11) is 3.15. The zero-order valence-electron chi connectivity index (χ0n) is 21.9. The van der Waals surface area contributed by atoms with Gasteiger partial charge in [-0.25, -0.2) is 24.9 Å². The second-order valence-electron chi connectivity index (χ2n) is 8.86. The second-order valence-corrected chi connectivity index (χ2v) is 9.24. The van der Waals surface area contributed by atoms with Crippen molar-refractivity contribution in [1.29, 1.82) is 0 Å². The van der Waals surface area contributed by atoms with Crippen molar-refractivity contribution in [2.24, 2.45) is 0 Å². The minimum atomic E-state index is 0.411. The molecule has 0 unspecified atom stereocenters. The van der Waals surface area contributed by atoms with E-state index < -0.39 is 0 Å². The van der Waals surface area contributed by atoms with Crippen molar-refractivity contribution in [2.75, 3.05) is 51.2 Å². The molecule has 1 aliphatic heterocycles. The number of nitrogens with one attached hydrogen (secondary N) is 2. The average molecular weight is 549 g/mol. The molecule has 2 N–H and O–H groups in total. The Bertz CT molecular complexity index is 1400. The van der Waals surface area contributed by atoms with Gasteiger partial charge in [0.25, 0.3) is 0 Å². The number of aromatic nitrogens is 5. The van der Waals surface area contributed by atoms with Gasteiger partial charge in [0.1, 0.15) is 46.6 Å². The lowest BCUT2D eigenvalue weighted by Crippen LogP contribution is -2.35. The van der Waals surface area contributed by atoms with Crippen LogP contribution in [0.2, 0.25) is 5.02 Å². The van der Waals surface area contributed by atoms with Crippen LogP contribution in [0.3, 0.4) is 0 Å². The summed E-state index contributed by atoms with van der Waals surface area (Å²) < 4.78 is 16.3. The fourth-order valence-electron chi connectivity index (χ4n) is 4.26. The highest BCUT2D eigenvalue weighted by atomic mass is 35.5. The minimum absolute atomic E-state index is 0.411. The molecular weight excluding hydrogens is 520 g/mol. The lowest BCUT2D eigenvalue weighted by molar-refractivity contribution is 0.0341. The van der Waals surface area contributed by atoms with Gasteiger partial charge in [-0.1, -0.05) is 17.7 Å². The van der Waals surface area contributed by atoms with Crippen LogP contribution in [0.4, 0.5) is 23.1 Å². The predicted octanol–water partition coefficient (Wildman–Crippen LogP) is 4.63. The van der Waals surface area contributed by atoms with E-state index in [1.54, 1.807) is 26.5 Å². The summed E-state index contributed by atoms with van der Waals surface area (Å²) in [4.78, 5) is 24.4. The largest absolute Gasteiger partial charge is 0.496 e. The summed E-state index contributed by atoms with van der Waals surface area (Å²) in [6.45, 7) is 6.15. The molecule has 12 heteroatoms. The number of hydrogen-bond donors (Lipinski definition) is 2. The third kappa shape index (κ3) is 6.17. The first kappa shape index (κ1) is 26.5. The highest BCUT2D eigenvalue weighted by molar-refractivity contribution is 6.35. The van der Waals surface area contributed by atoms with Crippen LogP contribution in [0.25, 0.3) is 11.3 Å². The summed E-state index contributed by atoms with van der Waals surface area (Å²) >= 11 is 6.64. The first-order valence-corrected chi connectivity index (χ1v) is 12.8. The van der Waals surface area contributed by atoms with Crippen molar-refractivity contribution < 1.29 is 14.2 Å². The molecule has 5 rings (SSSR count). The van der Waals surface area contributed by atoms with E-state index in [-0.39, 0.29) is 0 Å². The van der Waals surface area contributed by atoms with Crippen LogP contribution in [0.15, 0.2) is 49.3 Å². The normalized spacial score (nSPS) is 13.6. The van der Waals surface area contributed by atoms with Crippen molar-refractivity contribution in [3.63, 3.8) is 0 Å². The summed E-state index contributed by atoms with van der Waals surface area (Å²) in [5, 5.41) is 6.98. The van der Waals surface area contributed by atoms with Gasteiger partial charge in [-0.15, -0.1) is 0 Å². The van der Waals surface area contributed by atoms with Gasteiger partial charge in [0, 0.05) is 49.7 Å². The first-order chi connectivity index (χ1) is 19.1. The molecule has 202 valence electrons. The van der Waals surface area contributed by atoms with Crippen LogP contribution in [-0.4, -0.2) is 70.3 Å². The van der Waals surface area contributed by atoms with Gasteiger partial charge in [-0.2, -0.15) is 0 Å². The molecule has 11 nitrogen and oxygen atoms in total. The highest BCUT2D eigenvalue weighted by Crippen LogP contribution is 2.42. The van der Waals surface area contributed by atoms with Crippen molar-refractivity contribution in [3.8, 4) is 22.8 Å². The fourth-order valence-corrected chi connectivity index (χ4v) is 4.58. The molecule has 0 spiro atoms. The molecule has 0 saturated carbocycles. The first-order valence-electron chi connectivity index (χ1n) is 12.4. The minimum Gasteiger partial charge on any atom is -0.496 e. The molecule has 0 atom stereocenters. The predicted molar refractivity (Wildman–Crippen MR) is 149 cm³/mol. The molecule has 4 aromatic rings. The van der Waals surface area contributed by atoms with Crippen molar-refractivity contribution in [3.05, 3.63) is 65.5 Å². The van der Waals surface area contributed by atoms with Crippen molar-refractivity contribution in [2.45, 2.75) is 13.5 Å². The average Bonchev–Trinajstić information content (AvgIpc) is 2.97. The Balaban J connectivity index is 1.36. The number of nitrogens with zero attached hydrogens (tertiary/aromatic N) is 6. The second kappa shape index (κ2) is 12.2. The number of pyridine rings is 1. The fraction of sp³-hybridized carbons (Fsp3) is 0.296. The molecule has 1 fully saturated rings. The van der Waals surface area contributed by atoms with E-state index in [9.17, 15) is 0 Å². The van der Waals surface area contributed by atoms with Crippen LogP contribution < -0.4 is 20.1 Å². The third-order valence-corrected chi connectivity index (χ3v) is 6.75. The number of anilines is 4. The van der Waals surface area contributed by atoms with Crippen LogP contribution >= 0.6 is 11.6 Å². The topological polar surface area (TPSA) is 119 Å². The van der Waals surface area contributed by atoms with Gasteiger partial charge in [0.05, 0.1) is 44.4 Å². The molecule has 3 aromatic heterocycles. The third-order valence-electron chi connectivity index (χ3n) is 6.37. The maximum atomic E-state index is 6.64. The van der Waals surface area contributed by atoms with E-state index in [1.807, 2.05) is 25.3 Å². The van der Waals surface area contributed by atoms with Crippen molar-refractivity contribution >= 4 is 34.7 Å². The Morgan fingerprint density at radius 1 is 0.923 bits per heavy atom. The van der Waals surface area contributed by atoms with Crippen molar-refractivity contribution in [1.82, 2.24) is 29.8 Å². The zero-order chi connectivity index (χ0) is 27.2. The summed E-state index contributed by atoms with van der Waals surface area (Å²) in [5.74, 6) is 2.89. The van der Waals surface area contributed by atoms with E-state index >= 15 is 0 Å². The zero-order valence-corrected chi connectivity index (χ0v) is 22.7. The Labute approximate surface area is 231 Å². The Morgan fingerprint density at radius 3 is 2.49 bits per heavy atom. The highest BCUT2D eigenvalue weighted by Gasteiger charge is 2.19. The number of morpholine rings is 1. The van der Waals surface area contributed by atoms with Gasteiger partial charge in [0.2, 0.25) is 0 Å². The number of ether oxygens (including phenoxy) is 3. The number of hydrogen-bond acceptors (Lipinski definition) is 11. The molecule has 1 aromatic carbocycles. The Kier molecular flexibility index (Phi) is 8.30. The number of halogens is 1. The molecular formula is C27H29ClN8O3. The Morgan fingerprint density at radius 2 is 1.74 bits per heavy atom. The van der Waals surface area contributed by atoms with Gasteiger partial charge in [-0.05, 0) is 18.6 Å². The van der Waals surface area contributed by atoms with Gasteiger partial charge in [-0.3, -0.25) is 4.90 Å².